The fourth-order valence-electron chi connectivity index (χ4n) is 3.26. The van der Waals surface area contributed by atoms with Crippen molar-refractivity contribution < 1.29 is 0 Å². The lowest BCUT2D eigenvalue weighted by atomic mass is 10.0. The van der Waals surface area contributed by atoms with E-state index in [1.54, 1.807) is 11.3 Å². The zero-order valence-corrected chi connectivity index (χ0v) is 18.5. The minimum absolute atomic E-state index is 0. The van der Waals surface area contributed by atoms with Crippen LogP contribution in [0.3, 0.4) is 0 Å². The minimum Gasteiger partial charge on any atom is -0.355 e. The third kappa shape index (κ3) is 6.48. The summed E-state index contributed by atoms with van der Waals surface area (Å²) >= 11 is 1.75. The van der Waals surface area contributed by atoms with Crippen LogP contribution < -0.4 is 10.6 Å². The number of nitrogens with one attached hydrogen (secondary N) is 2. The van der Waals surface area contributed by atoms with E-state index in [2.05, 4.69) is 46.3 Å². The SMILES string of the molecule is CCC1CCCCN1CCNC(=NC)NCc1sc(C)nc1C.I. The van der Waals surface area contributed by atoms with E-state index >= 15 is 0 Å². The fraction of sp³-hybridized carbons (Fsp3) is 0.765. The second kappa shape index (κ2) is 11.3. The first-order valence-electron chi connectivity index (χ1n) is 8.75. The van der Waals surface area contributed by atoms with Gasteiger partial charge in [0.25, 0.3) is 0 Å². The molecule has 1 unspecified atom stereocenters. The Balaban J connectivity index is 0.00000288. The number of hydrogen-bond donors (Lipinski definition) is 2. The summed E-state index contributed by atoms with van der Waals surface area (Å²) < 4.78 is 0. The second-order valence-corrected chi connectivity index (χ2v) is 7.48. The van der Waals surface area contributed by atoms with E-state index in [1.807, 2.05) is 7.05 Å². The normalized spacial score (nSPS) is 19.0. The molecule has 0 aliphatic carbocycles. The Morgan fingerprint density at radius 2 is 2.12 bits per heavy atom. The topological polar surface area (TPSA) is 52.5 Å². The van der Waals surface area contributed by atoms with Crippen molar-refractivity contribution in [2.24, 2.45) is 4.99 Å². The summed E-state index contributed by atoms with van der Waals surface area (Å²) in [5.41, 5.74) is 1.12. The number of rotatable bonds is 6. The molecule has 0 bridgehead atoms. The summed E-state index contributed by atoms with van der Waals surface area (Å²) in [7, 11) is 1.83. The number of piperidine rings is 1. The molecule has 0 aromatic carbocycles. The lowest BCUT2D eigenvalue weighted by Crippen LogP contribution is -2.45. The van der Waals surface area contributed by atoms with E-state index in [1.165, 1.54) is 37.1 Å². The third-order valence-electron chi connectivity index (χ3n) is 4.55. The molecule has 1 aromatic rings. The fourth-order valence-corrected chi connectivity index (χ4v) is 4.13. The molecule has 24 heavy (non-hydrogen) atoms. The van der Waals surface area contributed by atoms with Crippen LogP contribution in [0.2, 0.25) is 0 Å². The van der Waals surface area contributed by atoms with Crippen molar-refractivity contribution in [3.8, 4) is 0 Å². The van der Waals surface area contributed by atoms with E-state index in [4.69, 9.17) is 0 Å². The van der Waals surface area contributed by atoms with Gasteiger partial charge < -0.3 is 10.6 Å². The highest BCUT2D eigenvalue weighted by Gasteiger charge is 2.19. The summed E-state index contributed by atoms with van der Waals surface area (Å²) in [5, 5.41) is 7.96. The quantitative estimate of drug-likeness (QED) is 0.385. The molecule has 1 aromatic heterocycles. The monoisotopic (exact) mass is 465 g/mol. The van der Waals surface area contributed by atoms with Crippen molar-refractivity contribution in [3.05, 3.63) is 15.6 Å². The standard InChI is InChI=1S/C17H31N5S.HI/c1-5-15-8-6-7-10-22(15)11-9-19-17(18-4)20-12-16-13(2)21-14(3)23-16;/h15H,5-12H2,1-4H3,(H2,18,19,20);1H. The summed E-state index contributed by atoms with van der Waals surface area (Å²) in [4.78, 5) is 12.7. The Kier molecular flexibility index (Phi) is 10.1. The molecule has 1 aliphatic rings. The molecule has 0 spiro atoms. The average Bonchev–Trinajstić information content (AvgIpc) is 2.88. The van der Waals surface area contributed by atoms with Gasteiger partial charge in [-0.15, -0.1) is 35.3 Å². The van der Waals surface area contributed by atoms with Crippen molar-refractivity contribution in [1.29, 1.82) is 0 Å². The number of likely N-dealkylation sites (tertiary alicyclic amines) is 1. The molecule has 2 heterocycles. The van der Waals surface area contributed by atoms with Gasteiger partial charge in [-0.05, 0) is 39.7 Å². The first-order valence-corrected chi connectivity index (χ1v) is 9.57. The van der Waals surface area contributed by atoms with Gasteiger partial charge in [-0.3, -0.25) is 9.89 Å². The maximum absolute atomic E-state index is 4.47. The number of aliphatic imine (C=N–C) groups is 1. The molecule has 0 saturated carbocycles. The van der Waals surface area contributed by atoms with Crippen LogP contribution in [0.5, 0.6) is 0 Å². The van der Waals surface area contributed by atoms with Gasteiger partial charge in [0.1, 0.15) is 0 Å². The van der Waals surface area contributed by atoms with Gasteiger partial charge in [0, 0.05) is 31.1 Å². The van der Waals surface area contributed by atoms with Crippen LogP contribution in [0.15, 0.2) is 4.99 Å². The molecular weight excluding hydrogens is 433 g/mol. The van der Waals surface area contributed by atoms with Crippen molar-refractivity contribution in [3.63, 3.8) is 0 Å². The van der Waals surface area contributed by atoms with Gasteiger partial charge in [0.15, 0.2) is 5.96 Å². The highest BCUT2D eigenvalue weighted by Crippen LogP contribution is 2.18. The van der Waals surface area contributed by atoms with Gasteiger partial charge in [-0.1, -0.05) is 13.3 Å². The van der Waals surface area contributed by atoms with Crippen LogP contribution in [0.25, 0.3) is 0 Å². The number of guanidine groups is 1. The molecule has 2 N–H and O–H groups in total. The summed E-state index contributed by atoms with van der Waals surface area (Å²) in [5.74, 6) is 0.875. The molecule has 2 rings (SSSR count). The number of nitrogens with zero attached hydrogens (tertiary/aromatic N) is 3. The van der Waals surface area contributed by atoms with Gasteiger partial charge >= 0.3 is 0 Å². The first-order chi connectivity index (χ1) is 11.1. The summed E-state index contributed by atoms with van der Waals surface area (Å²) in [6.07, 6.45) is 5.34. The number of aromatic nitrogens is 1. The van der Waals surface area contributed by atoms with E-state index in [9.17, 15) is 0 Å². The van der Waals surface area contributed by atoms with Gasteiger partial charge in [0.05, 0.1) is 17.2 Å². The predicted octanol–water partition coefficient (Wildman–Crippen LogP) is 3.31. The zero-order chi connectivity index (χ0) is 16.7. The molecule has 1 atom stereocenters. The largest absolute Gasteiger partial charge is 0.355 e. The predicted molar refractivity (Wildman–Crippen MR) is 115 cm³/mol. The number of halogens is 1. The molecule has 1 aliphatic heterocycles. The molecule has 7 heteroatoms. The van der Waals surface area contributed by atoms with Crippen LogP contribution in [-0.4, -0.2) is 48.6 Å². The molecule has 5 nitrogen and oxygen atoms in total. The van der Waals surface area contributed by atoms with Crippen LogP contribution in [-0.2, 0) is 6.54 Å². The summed E-state index contributed by atoms with van der Waals surface area (Å²) in [6, 6.07) is 0.767. The number of hydrogen-bond acceptors (Lipinski definition) is 4. The van der Waals surface area contributed by atoms with Gasteiger partial charge in [0.2, 0.25) is 0 Å². The lowest BCUT2D eigenvalue weighted by Gasteiger charge is -2.35. The third-order valence-corrected chi connectivity index (χ3v) is 5.62. The molecule has 0 amide bonds. The lowest BCUT2D eigenvalue weighted by molar-refractivity contribution is 0.147. The molecule has 1 fully saturated rings. The summed E-state index contributed by atoms with van der Waals surface area (Å²) in [6.45, 7) is 10.5. The Morgan fingerprint density at radius 3 is 2.75 bits per heavy atom. The van der Waals surface area contributed by atoms with Gasteiger partial charge in [-0.2, -0.15) is 0 Å². The highest BCUT2D eigenvalue weighted by atomic mass is 127. The van der Waals surface area contributed by atoms with E-state index in [0.717, 1.165) is 42.3 Å². The molecular formula is C17H32IN5S. The second-order valence-electron chi connectivity index (χ2n) is 6.19. The van der Waals surface area contributed by atoms with E-state index in [0.29, 0.717) is 0 Å². The minimum atomic E-state index is 0. The molecule has 1 saturated heterocycles. The Labute approximate surface area is 167 Å². The Hall–Kier alpha value is -0.410. The maximum atomic E-state index is 4.47. The van der Waals surface area contributed by atoms with E-state index in [-0.39, 0.29) is 24.0 Å². The Morgan fingerprint density at radius 1 is 1.33 bits per heavy atom. The first kappa shape index (κ1) is 21.6. The van der Waals surface area contributed by atoms with Crippen LogP contribution in [0.1, 0.15) is 48.2 Å². The van der Waals surface area contributed by atoms with Crippen molar-refractivity contribution in [2.75, 3.05) is 26.7 Å². The molecule has 0 radical (unpaired) electrons. The van der Waals surface area contributed by atoms with Crippen molar-refractivity contribution in [1.82, 2.24) is 20.5 Å². The van der Waals surface area contributed by atoms with E-state index < -0.39 is 0 Å². The van der Waals surface area contributed by atoms with Crippen LogP contribution >= 0.6 is 35.3 Å². The van der Waals surface area contributed by atoms with Crippen molar-refractivity contribution >= 4 is 41.3 Å². The van der Waals surface area contributed by atoms with Crippen LogP contribution in [0.4, 0.5) is 0 Å². The highest BCUT2D eigenvalue weighted by molar-refractivity contribution is 14.0. The number of aryl methyl sites for hydroxylation is 2. The maximum Gasteiger partial charge on any atom is 0.191 e. The number of thiazole rings is 1. The molecule has 138 valence electrons. The van der Waals surface area contributed by atoms with Gasteiger partial charge in [-0.25, -0.2) is 4.98 Å². The van der Waals surface area contributed by atoms with Crippen LogP contribution in [0, 0.1) is 13.8 Å². The smallest absolute Gasteiger partial charge is 0.191 e. The van der Waals surface area contributed by atoms with Crippen molar-refractivity contribution in [2.45, 2.75) is 59.0 Å². The Bertz CT molecular complexity index is 517. The average molecular weight is 465 g/mol. The zero-order valence-electron chi connectivity index (χ0n) is 15.4.